The average molecular weight is 275 g/mol. The molecular weight excluding hydrogens is 267 g/mol. The van der Waals surface area contributed by atoms with E-state index in [1.807, 2.05) is 0 Å². The topological polar surface area (TPSA) is 83.4 Å². The van der Waals surface area contributed by atoms with Gasteiger partial charge in [0.15, 0.2) is 0 Å². The normalized spacial score (nSPS) is 19.8. The summed E-state index contributed by atoms with van der Waals surface area (Å²) in [5.41, 5.74) is 0.0572. The smallest absolute Gasteiger partial charge is 0.451 e. The Morgan fingerprint density at radius 2 is 1.95 bits per heavy atom. The molecule has 1 unspecified atom stereocenters. The number of alkyl halides is 3. The molecule has 0 spiro atoms. The van der Waals surface area contributed by atoms with E-state index in [-0.39, 0.29) is 18.7 Å². The van der Waals surface area contributed by atoms with Gasteiger partial charge in [0.1, 0.15) is 0 Å². The number of carboxylic acid groups (broad SMARTS) is 1. The second-order valence-corrected chi connectivity index (χ2v) is 4.01. The summed E-state index contributed by atoms with van der Waals surface area (Å²) in [6, 6.07) is 0. The van der Waals surface area contributed by atoms with E-state index in [4.69, 9.17) is 5.11 Å². The zero-order valence-electron chi connectivity index (χ0n) is 9.39. The summed E-state index contributed by atoms with van der Waals surface area (Å²) >= 11 is 0. The fourth-order valence-electron chi connectivity index (χ4n) is 1.73. The molecule has 1 N–H and O–H groups in total. The lowest BCUT2D eigenvalue weighted by atomic mass is 10.1. The summed E-state index contributed by atoms with van der Waals surface area (Å²) in [4.78, 5) is 29.6. The quantitative estimate of drug-likeness (QED) is 0.868. The lowest BCUT2D eigenvalue weighted by Crippen LogP contribution is -2.26. The number of hydrogen-bond acceptors (Lipinski definition) is 4. The molecule has 1 aliphatic heterocycles. The first-order chi connectivity index (χ1) is 8.79. The Bertz CT molecular complexity index is 515. The fraction of sp³-hybridized carbons (Fsp3) is 0.400. The molecule has 1 aromatic rings. The van der Waals surface area contributed by atoms with Crippen LogP contribution in [0.1, 0.15) is 12.2 Å². The van der Waals surface area contributed by atoms with Gasteiger partial charge in [0.05, 0.1) is 24.0 Å². The van der Waals surface area contributed by atoms with Crippen molar-refractivity contribution in [3.05, 3.63) is 18.2 Å². The second kappa shape index (κ2) is 4.48. The molecule has 0 aliphatic carbocycles. The minimum Gasteiger partial charge on any atom is -0.481 e. The van der Waals surface area contributed by atoms with Gasteiger partial charge in [-0.3, -0.25) is 9.59 Å². The summed E-state index contributed by atoms with van der Waals surface area (Å²) < 4.78 is 36.8. The van der Waals surface area contributed by atoms with Crippen LogP contribution in [0.25, 0.3) is 0 Å². The molecule has 0 aromatic carbocycles. The Morgan fingerprint density at radius 1 is 1.37 bits per heavy atom. The maximum Gasteiger partial charge on any atom is 0.451 e. The third kappa shape index (κ3) is 2.64. The van der Waals surface area contributed by atoms with Crippen molar-refractivity contribution >= 4 is 17.6 Å². The van der Waals surface area contributed by atoms with E-state index in [9.17, 15) is 22.8 Å². The molecule has 1 saturated heterocycles. The van der Waals surface area contributed by atoms with E-state index >= 15 is 0 Å². The number of aliphatic carboxylic acids is 1. The molecular formula is C10H8F3N3O3. The minimum atomic E-state index is -4.66. The number of nitrogens with zero attached hydrogens (tertiary/aromatic N) is 3. The molecule has 19 heavy (non-hydrogen) atoms. The molecule has 1 amide bonds. The number of amides is 1. The summed E-state index contributed by atoms with van der Waals surface area (Å²) in [5.74, 6) is -3.77. The number of carbonyl (C=O) groups is 2. The number of rotatable bonds is 2. The van der Waals surface area contributed by atoms with Gasteiger partial charge < -0.3 is 10.0 Å². The van der Waals surface area contributed by atoms with Gasteiger partial charge in [-0.05, 0) is 0 Å². The highest BCUT2D eigenvalue weighted by atomic mass is 19.4. The van der Waals surface area contributed by atoms with Crippen molar-refractivity contribution in [1.29, 1.82) is 0 Å². The minimum absolute atomic E-state index is 0.0572. The summed E-state index contributed by atoms with van der Waals surface area (Å²) in [6.45, 7) is -0.0944. The number of hydrogen-bond donors (Lipinski definition) is 1. The van der Waals surface area contributed by atoms with Crippen molar-refractivity contribution in [2.75, 3.05) is 11.4 Å². The molecule has 2 heterocycles. The van der Waals surface area contributed by atoms with E-state index in [1.54, 1.807) is 0 Å². The van der Waals surface area contributed by atoms with Crippen LogP contribution in [0.15, 0.2) is 12.4 Å². The van der Waals surface area contributed by atoms with Crippen LogP contribution in [0.2, 0.25) is 0 Å². The third-order valence-corrected chi connectivity index (χ3v) is 2.68. The molecule has 0 radical (unpaired) electrons. The van der Waals surface area contributed by atoms with Crippen molar-refractivity contribution in [3.63, 3.8) is 0 Å². The average Bonchev–Trinajstić information content (AvgIpc) is 2.70. The van der Waals surface area contributed by atoms with Gasteiger partial charge in [0, 0.05) is 13.0 Å². The summed E-state index contributed by atoms with van der Waals surface area (Å²) in [5, 5.41) is 8.79. The Balaban J connectivity index is 2.19. The molecule has 2 rings (SSSR count). The van der Waals surface area contributed by atoms with E-state index in [0.717, 1.165) is 17.3 Å². The van der Waals surface area contributed by atoms with Crippen LogP contribution in [0.3, 0.4) is 0 Å². The predicted molar refractivity (Wildman–Crippen MR) is 55.1 cm³/mol. The first-order valence-electron chi connectivity index (χ1n) is 5.21. The van der Waals surface area contributed by atoms with E-state index in [1.165, 1.54) is 0 Å². The van der Waals surface area contributed by atoms with Gasteiger partial charge in [0.2, 0.25) is 11.7 Å². The number of carbonyl (C=O) groups excluding carboxylic acids is 1. The number of anilines is 1. The molecule has 0 bridgehead atoms. The van der Waals surface area contributed by atoms with Gasteiger partial charge in [-0.15, -0.1) is 0 Å². The van der Waals surface area contributed by atoms with Gasteiger partial charge in [-0.1, -0.05) is 0 Å². The Labute approximate surface area is 104 Å². The van der Waals surface area contributed by atoms with Crippen molar-refractivity contribution in [3.8, 4) is 0 Å². The van der Waals surface area contributed by atoms with Crippen LogP contribution in [0.4, 0.5) is 18.9 Å². The van der Waals surface area contributed by atoms with Gasteiger partial charge in [0.25, 0.3) is 0 Å². The Hall–Kier alpha value is -2.19. The van der Waals surface area contributed by atoms with Crippen molar-refractivity contribution < 1.29 is 27.9 Å². The van der Waals surface area contributed by atoms with Crippen LogP contribution in [-0.2, 0) is 15.8 Å². The standard InChI is InChI=1S/C10H8F3N3O3/c11-10(12,13)9-14-2-6(3-15-9)16-4-5(8(18)19)1-7(16)17/h2-3,5H,1,4H2,(H,18,19). The predicted octanol–water partition coefficient (Wildman–Crippen LogP) is 0.933. The van der Waals surface area contributed by atoms with Crippen LogP contribution in [0.5, 0.6) is 0 Å². The van der Waals surface area contributed by atoms with Crippen LogP contribution in [0, 0.1) is 5.92 Å². The third-order valence-electron chi connectivity index (χ3n) is 2.68. The van der Waals surface area contributed by atoms with Crippen LogP contribution < -0.4 is 4.90 Å². The van der Waals surface area contributed by atoms with Crippen molar-refractivity contribution in [2.45, 2.75) is 12.6 Å². The van der Waals surface area contributed by atoms with Crippen LogP contribution in [-0.4, -0.2) is 33.5 Å². The van der Waals surface area contributed by atoms with Gasteiger partial charge in [-0.25, -0.2) is 9.97 Å². The molecule has 1 aromatic heterocycles. The highest BCUT2D eigenvalue weighted by molar-refractivity contribution is 5.98. The molecule has 1 fully saturated rings. The number of carboxylic acids is 1. The molecule has 1 aliphatic rings. The second-order valence-electron chi connectivity index (χ2n) is 4.01. The van der Waals surface area contributed by atoms with Gasteiger partial charge >= 0.3 is 12.1 Å². The lowest BCUT2D eigenvalue weighted by Gasteiger charge is -2.15. The Morgan fingerprint density at radius 3 is 2.37 bits per heavy atom. The summed E-state index contributed by atoms with van der Waals surface area (Å²) in [6.07, 6.45) is -3.12. The Kier molecular flexibility index (Phi) is 3.13. The monoisotopic (exact) mass is 275 g/mol. The molecule has 6 nitrogen and oxygen atoms in total. The summed E-state index contributed by atoms with van der Waals surface area (Å²) in [7, 11) is 0. The number of aromatic nitrogens is 2. The number of halogens is 3. The fourth-order valence-corrected chi connectivity index (χ4v) is 1.73. The van der Waals surface area contributed by atoms with Crippen molar-refractivity contribution in [2.24, 2.45) is 5.92 Å². The first kappa shape index (κ1) is 13.2. The zero-order valence-corrected chi connectivity index (χ0v) is 9.39. The maximum atomic E-state index is 12.3. The highest BCUT2D eigenvalue weighted by Crippen LogP contribution is 2.28. The highest BCUT2D eigenvalue weighted by Gasteiger charge is 2.37. The molecule has 0 saturated carbocycles. The van der Waals surface area contributed by atoms with Gasteiger partial charge in [-0.2, -0.15) is 13.2 Å². The molecule has 9 heteroatoms. The van der Waals surface area contributed by atoms with E-state index in [0.29, 0.717) is 0 Å². The molecule has 1 atom stereocenters. The largest absolute Gasteiger partial charge is 0.481 e. The zero-order chi connectivity index (χ0) is 14.2. The lowest BCUT2D eigenvalue weighted by molar-refractivity contribution is -0.145. The van der Waals surface area contributed by atoms with E-state index < -0.39 is 29.8 Å². The van der Waals surface area contributed by atoms with Crippen LogP contribution >= 0.6 is 0 Å². The SMILES string of the molecule is O=C(O)C1CC(=O)N(c2cnc(C(F)(F)F)nc2)C1. The molecule has 102 valence electrons. The van der Waals surface area contributed by atoms with Crippen molar-refractivity contribution in [1.82, 2.24) is 9.97 Å². The maximum absolute atomic E-state index is 12.3. The first-order valence-corrected chi connectivity index (χ1v) is 5.21. The van der Waals surface area contributed by atoms with E-state index in [2.05, 4.69) is 9.97 Å².